The smallest absolute Gasteiger partial charge is 0.352 e. The molecular weight excluding hydrogens is 292 g/mol. The maximum atomic E-state index is 12.0. The van der Waals surface area contributed by atoms with Crippen LogP contribution in [0.25, 0.3) is 0 Å². The fourth-order valence-corrected chi connectivity index (χ4v) is 3.47. The van der Waals surface area contributed by atoms with Gasteiger partial charge in [0.15, 0.2) is 0 Å². The quantitative estimate of drug-likeness (QED) is 0.567. The Bertz CT molecular complexity index is 536. The van der Waals surface area contributed by atoms with E-state index in [1.165, 1.54) is 11.8 Å². The molecule has 0 aliphatic rings. The summed E-state index contributed by atoms with van der Waals surface area (Å²) in [5.74, 6) is -1.23. The zero-order chi connectivity index (χ0) is 14.6. The molecule has 0 aromatic carbocycles. The van der Waals surface area contributed by atoms with E-state index in [0.717, 1.165) is 12.3 Å². The van der Waals surface area contributed by atoms with Crippen LogP contribution in [0.4, 0.5) is 0 Å². The molecule has 0 saturated carbocycles. The topological polar surface area (TPSA) is 119 Å². The van der Waals surface area contributed by atoms with E-state index in [9.17, 15) is 13.2 Å². The molecule has 0 aliphatic heterocycles. The van der Waals surface area contributed by atoms with Crippen LogP contribution in [0.5, 0.6) is 0 Å². The molecule has 0 saturated heterocycles. The average molecular weight is 308 g/mol. The lowest BCUT2D eigenvalue weighted by Crippen LogP contribution is -2.41. The van der Waals surface area contributed by atoms with Crippen LogP contribution in [0.2, 0.25) is 0 Å². The molecule has 1 heterocycles. The maximum absolute atomic E-state index is 12.0. The molecule has 0 spiro atoms. The summed E-state index contributed by atoms with van der Waals surface area (Å²) in [4.78, 5) is 12.9. The minimum absolute atomic E-state index is 0.144. The van der Waals surface area contributed by atoms with Crippen LogP contribution in [0, 0.1) is 0 Å². The first-order valence-corrected chi connectivity index (χ1v) is 8.16. The van der Waals surface area contributed by atoms with Gasteiger partial charge >= 0.3 is 5.97 Å². The Morgan fingerprint density at radius 1 is 1.58 bits per heavy atom. The van der Waals surface area contributed by atoms with E-state index in [0.29, 0.717) is 0 Å². The van der Waals surface area contributed by atoms with Crippen LogP contribution < -0.4 is 4.72 Å². The van der Waals surface area contributed by atoms with E-state index in [1.54, 1.807) is 13.2 Å². The Morgan fingerprint density at radius 3 is 2.63 bits per heavy atom. The number of aromatic nitrogens is 1. The number of H-pyrrole nitrogens is 1. The highest BCUT2D eigenvalue weighted by Gasteiger charge is 2.24. The first-order valence-electron chi connectivity index (χ1n) is 5.39. The van der Waals surface area contributed by atoms with Gasteiger partial charge in [-0.05, 0) is 19.2 Å². The molecule has 19 heavy (non-hydrogen) atoms. The number of hydrogen-bond donors (Lipinski definition) is 4. The lowest BCUT2D eigenvalue weighted by molar-refractivity contribution is 0.0691. The molecular formula is C10H16N2O5S2. The molecule has 0 bridgehead atoms. The highest BCUT2D eigenvalue weighted by atomic mass is 32.2. The molecule has 7 nitrogen and oxygen atoms in total. The zero-order valence-corrected chi connectivity index (χ0v) is 12.1. The number of carbonyl (C=O) groups is 1. The summed E-state index contributed by atoms with van der Waals surface area (Å²) < 4.78 is 26.4. The van der Waals surface area contributed by atoms with Crippen LogP contribution >= 0.6 is 11.8 Å². The fraction of sp³-hybridized carbons (Fsp3) is 0.500. The van der Waals surface area contributed by atoms with Crippen molar-refractivity contribution in [1.82, 2.24) is 9.71 Å². The number of nitrogens with one attached hydrogen (secondary N) is 2. The third-order valence-electron chi connectivity index (χ3n) is 2.58. The maximum Gasteiger partial charge on any atom is 0.352 e. The number of aliphatic hydroxyl groups is 1. The number of aromatic amines is 1. The predicted molar refractivity (Wildman–Crippen MR) is 71.9 cm³/mol. The van der Waals surface area contributed by atoms with Crippen molar-refractivity contribution in [1.29, 1.82) is 0 Å². The highest BCUT2D eigenvalue weighted by molar-refractivity contribution is 7.99. The molecule has 9 heteroatoms. The summed E-state index contributed by atoms with van der Waals surface area (Å²) in [5.41, 5.74) is -0.198. The first kappa shape index (κ1) is 16.0. The SMILES string of the molecule is CSC(CO)C(C)NS(=O)(=O)c1c[nH]c(C(=O)O)c1. The van der Waals surface area contributed by atoms with Crippen molar-refractivity contribution in [3.05, 3.63) is 18.0 Å². The van der Waals surface area contributed by atoms with Gasteiger partial charge in [-0.3, -0.25) is 0 Å². The summed E-state index contributed by atoms with van der Waals surface area (Å²) in [6.45, 7) is 1.48. The van der Waals surface area contributed by atoms with Crippen molar-refractivity contribution in [3.8, 4) is 0 Å². The fourth-order valence-electron chi connectivity index (χ4n) is 1.48. The third kappa shape index (κ3) is 3.96. The van der Waals surface area contributed by atoms with E-state index >= 15 is 0 Å². The van der Waals surface area contributed by atoms with Gasteiger partial charge < -0.3 is 15.2 Å². The van der Waals surface area contributed by atoms with Crippen LogP contribution in [0.1, 0.15) is 17.4 Å². The minimum Gasteiger partial charge on any atom is -0.477 e. The number of rotatable bonds is 7. The Morgan fingerprint density at radius 2 is 2.21 bits per heavy atom. The molecule has 0 fully saturated rings. The summed E-state index contributed by atoms with van der Waals surface area (Å²) in [6.07, 6.45) is 2.88. The summed E-state index contributed by atoms with van der Waals surface area (Å²) in [5, 5.41) is 17.6. The number of thioether (sulfide) groups is 1. The largest absolute Gasteiger partial charge is 0.477 e. The van der Waals surface area contributed by atoms with Gasteiger partial charge in [-0.15, -0.1) is 0 Å². The second kappa shape index (κ2) is 6.42. The van der Waals surface area contributed by atoms with Crippen LogP contribution in [0.3, 0.4) is 0 Å². The van der Waals surface area contributed by atoms with Gasteiger partial charge in [-0.25, -0.2) is 17.9 Å². The minimum atomic E-state index is -3.81. The molecule has 1 aromatic rings. The van der Waals surface area contributed by atoms with Gasteiger partial charge in [0, 0.05) is 17.5 Å². The lowest BCUT2D eigenvalue weighted by atomic mass is 10.3. The highest BCUT2D eigenvalue weighted by Crippen LogP contribution is 2.15. The molecule has 0 amide bonds. The van der Waals surface area contributed by atoms with Gasteiger partial charge in [-0.1, -0.05) is 0 Å². The summed E-state index contributed by atoms with van der Waals surface area (Å²) in [6, 6.07) is 0.568. The Labute approximate surface area is 115 Å². The molecule has 0 radical (unpaired) electrons. The number of hydrogen-bond acceptors (Lipinski definition) is 5. The molecule has 0 aliphatic carbocycles. The monoisotopic (exact) mass is 308 g/mol. The summed E-state index contributed by atoms with van der Waals surface area (Å²) >= 11 is 1.35. The van der Waals surface area contributed by atoms with Crippen LogP contribution in [-0.2, 0) is 10.0 Å². The average Bonchev–Trinajstić information content (AvgIpc) is 2.79. The molecule has 108 valence electrons. The van der Waals surface area contributed by atoms with Crippen molar-refractivity contribution in [3.63, 3.8) is 0 Å². The van der Waals surface area contributed by atoms with Crippen molar-refractivity contribution in [2.75, 3.05) is 12.9 Å². The van der Waals surface area contributed by atoms with Crippen molar-refractivity contribution in [2.45, 2.75) is 23.1 Å². The van der Waals surface area contributed by atoms with Crippen molar-refractivity contribution >= 4 is 27.8 Å². The predicted octanol–water partition coefficient (Wildman–Crippen LogP) is 0.104. The van der Waals surface area contributed by atoms with E-state index < -0.39 is 22.0 Å². The standard InChI is InChI=1S/C10H16N2O5S2/c1-6(9(5-13)18-2)12-19(16,17)7-3-8(10(14)15)11-4-7/h3-4,6,9,11-13H,5H2,1-2H3,(H,14,15). The Balaban J connectivity index is 2.88. The second-order valence-corrected chi connectivity index (χ2v) is 6.71. The third-order valence-corrected chi connectivity index (χ3v) is 5.28. The summed E-state index contributed by atoms with van der Waals surface area (Å²) in [7, 11) is -3.81. The van der Waals surface area contributed by atoms with E-state index in [2.05, 4.69) is 9.71 Å². The molecule has 1 rings (SSSR count). The van der Waals surface area contributed by atoms with E-state index in [1.807, 2.05) is 0 Å². The van der Waals surface area contributed by atoms with Gasteiger partial charge in [0.05, 0.1) is 6.61 Å². The van der Waals surface area contributed by atoms with Gasteiger partial charge in [0.2, 0.25) is 10.0 Å². The van der Waals surface area contributed by atoms with Crippen LogP contribution in [0.15, 0.2) is 17.2 Å². The number of aliphatic hydroxyl groups excluding tert-OH is 1. The molecule has 1 aromatic heterocycles. The Hall–Kier alpha value is -1.03. The van der Waals surface area contributed by atoms with Gasteiger partial charge in [0.1, 0.15) is 10.6 Å². The molecule has 2 atom stereocenters. The first-order chi connectivity index (χ1) is 8.81. The number of carboxylic acid groups (broad SMARTS) is 1. The van der Waals surface area contributed by atoms with Crippen LogP contribution in [-0.4, -0.2) is 53.7 Å². The lowest BCUT2D eigenvalue weighted by Gasteiger charge is -2.20. The Kier molecular flexibility index (Phi) is 5.41. The van der Waals surface area contributed by atoms with Gasteiger partial charge in [0.25, 0.3) is 0 Å². The number of carboxylic acids is 1. The molecule has 2 unspecified atom stereocenters. The van der Waals surface area contributed by atoms with Crippen molar-refractivity contribution < 1.29 is 23.4 Å². The zero-order valence-electron chi connectivity index (χ0n) is 10.5. The number of sulfonamides is 1. The molecule has 4 N–H and O–H groups in total. The normalized spacial score (nSPS) is 15.1. The van der Waals surface area contributed by atoms with Gasteiger partial charge in [-0.2, -0.15) is 11.8 Å². The van der Waals surface area contributed by atoms with E-state index in [4.69, 9.17) is 10.2 Å². The van der Waals surface area contributed by atoms with E-state index in [-0.39, 0.29) is 22.4 Å². The second-order valence-electron chi connectivity index (χ2n) is 3.92. The van der Waals surface area contributed by atoms with Crippen molar-refractivity contribution in [2.24, 2.45) is 0 Å². The number of aromatic carboxylic acids is 1.